The van der Waals surface area contributed by atoms with Crippen molar-refractivity contribution in [2.45, 2.75) is 32.5 Å². The van der Waals surface area contributed by atoms with Crippen molar-refractivity contribution in [1.82, 2.24) is 15.2 Å². The fraction of sp³-hybridized carbons (Fsp3) is 0.280. The molecule has 0 saturated carbocycles. The van der Waals surface area contributed by atoms with Crippen molar-refractivity contribution in [1.29, 1.82) is 0 Å². The molecule has 1 aliphatic heterocycles. The molecule has 0 spiro atoms. The fourth-order valence-corrected chi connectivity index (χ4v) is 4.00. The summed E-state index contributed by atoms with van der Waals surface area (Å²) in [5.74, 6) is -0.883. The largest absolute Gasteiger partial charge is 0.485 e. The molecule has 8 heteroatoms. The van der Waals surface area contributed by atoms with Gasteiger partial charge >= 0.3 is 0 Å². The summed E-state index contributed by atoms with van der Waals surface area (Å²) in [5.41, 5.74) is 8.31. The van der Waals surface area contributed by atoms with E-state index >= 15 is 0 Å². The number of piperazine rings is 1. The first kappa shape index (κ1) is 22.7. The lowest BCUT2D eigenvalue weighted by Gasteiger charge is -2.36. The highest BCUT2D eigenvalue weighted by Crippen LogP contribution is 2.28. The molecule has 1 amide bonds. The van der Waals surface area contributed by atoms with E-state index in [-0.39, 0.29) is 36.0 Å². The van der Waals surface area contributed by atoms with E-state index in [1.807, 2.05) is 17.0 Å². The number of aromatic nitrogens is 1. The minimum absolute atomic E-state index is 0.00234. The number of carbonyl (C=O) groups excluding carboxylic acids is 1. The van der Waals surface area contributed by atoms with E-state index < -0.39 is 11.6 Å². The second-order valence-electron chi connectivity index (χ2n) is 8.39. The summed E-state index contributed by atoms with van der Waals surface area (Å²) in [5, 5.41) is 3.42. The van der Waals surface area contributed by atoms with Gasteiger partial charge in [-0.3, -0.25) is 4.79 Å². The van der Waals surface area contributed by atoms with E-state index in [2.05, 4.69) is 24.1 Å². The van der Waals surface area contributed by atoms with Crippen molar-refractivity contribution < 1.29 is 18.3 Å². The zero-order valence-corrected chi connectivity index (χ0v) is 18.5. The minimum Gasteiger partial charge on any atom is -0.485 e. The summed E-state index contributed by atoms with van der Waals surface area (Å²) >= 11 is 0. The van der Waals surface area contributed by atoms with Crippen LogP contribution in [-0.4, -0.2) is 41.0 Å². The molecule has 6 nitrogen and oxygen atoms in total. The van der Waals surface area contributed by atoms with Gasteiger partial charge in [0.25, 0.3) is 5.91 Å². The molecule has 33 heavy (non-hydrogen) atoms. The zero-order chi connectivity index (χ0) is 23.5. The lowest BCUT2D eigenvalue weighted by Crippen LogP contribution is -2.55. The molecule has 4 rings (SSSR count). The number of rotatable bonds is 5. The molecular formula is C25H26F2N4O2. The summed E-state index contributed by atoms with van der Waals surface area (Å²) in [4.78, 5) is 18.9. The minimum atomic E-state index is -0.689. The summed E-state index contributed by atoms with van der Waals surface area (Å²) in [6.07, 6.45) is 1.61. The van der Waals surface area contributed by atoms with Crippen LogP contribution in [0, 0.1) is 11.6 Å². The van der Waals surface area contributed by atoms with Crippen LogP contribution in [0.1, 0.15) is 29.8 Å². The number of carbonyl (C=O) groups is 1. The Kier molecular flexibility index (Phi) is 6.55. The van der Waals surface area contributed by atoms with Gasteiger partial charge in [-0.05, 0) is 49.7 Å². The zero-order valence-electron chi connectivity index (χ0n) is 18.5. The van der Waals surface area contributed by atoms with Crippen molar-refractivity contribution in [3.05, 3.63) is 77.5 Å². The maximum atomic E-state index is 13.9. The van der Waals surface area contributed by atoms with Gasteiger partial charge in [0, 0.05) is 54.1 Å². The molecule has 1 fully saturated rings. The third-order valence-corrected chi connectivity index (χ3v) is 5.59. The van der Waals surface area contributed by atoms with Crippen LogP contribution in [0.5, 0.6) is 5.75 Å². The van der Waals surface area contributed by atoms with Crippen LogP contribution in [0.2, 0.25) is 0 Å². The lowest BCUT2D eigenvalue weighted by atomic mass is 10.0. The number of nitrogen functional groups attached to an aromatic ring is 1. The van der Waals surface area contributed by atoms with Crippen LogP contribution in [0.4, 0.5) is 14.6 Å². The third-order valence-electron chi connectivity index (χ3n) is 5.59. The van der Waals surface area contributed by atoms with Gasteiger partial charge in [-0.1, -0.05) is 12.1 Å². The SMILES string of the molecule is CC1CN(C(=O)c2ccc(-c3cnc(N)c(OCc4ccc(F)cc4F)c3)cc2)CC(C)N1. The predicted octanol–water partition coefficient (Wildman–Crippen LogP) is 4.01. The molecule has 1 aromatic heterocycles. The van der Waals surface area contributed by atoms with Crippen molar-refractivity contribution >= 4 is 11.7 Å². The van der Waals surface area contributed by atoms with Crippen LogP contribution >= 0.6 is 0 Å². The second-order valence-corrected chi connectivity index (χ2v) is 8.39. The van der Waals surface area contributed by atoms with Crippen molar-refractivity contribution in [2.24, 2.45) is 0 Å². The van der Waals surface area contributed by atoms with E-state index in [4.69, 9.17) is 10.5 Å². The maximum Gasteiger partial charge on any atom is 0.253 e. The Morgan fingerprint density at radius 3 is 2.45 bits per heavy atom. The van der Waals surface area contributed by atoms with Crippen LogP contribution in [0.15, 0.2) is 54.7 Å². The van der Waals surface area contributed by atoms with Crippen LogP contribution < -0.4 is 15.8 Å². The van der Waals surface area contributed by atoms with Gasteiger partial charge in [0.1, 0.15) is 18.2 Å². The number of nitrogens with zero attached hydrogens (tertiary/aromatic N) is 2. The summed E-state index contributed by atoms with van der Waals surface area (Å²) in [7, 11) is 0. The number of benzene rings is 2. The van der Waals surface area contributed by atoms with Crippen LogP contribution in [0.3, 0.4) is 0 Å². The molecule has 1 aliphatic rings. The first-order chi connectivity index (χ1) is 15.8. The average Bonchev–Trinajstić information content (AvgIpc) is 2.78. The first-order valence-electron chi connectivity index (χ1n) is 10.8. The number of amides is 1. The predicted molar refractivity (Wildman–Crippen MR) is 123 cm³/mol. The molecule has 1 saturated heterocycles. The molecule has 0 bridgehead atoms. The number of hydrogen-bond donors (Lipinski definition) is 2. The number of nitrogens with two attached hydrogens (primary N) is 1. The number of nitrogens with one attached hydrogen (secondary N) is 1. The van der Waals surface area contributed by atoms with E-state index in [9.17, 15) is 13.6 Å². The Balaban J connectivity index is 1.48. The molecule has 3 N–H and O–H groups in total. The van der Waals surface area contributed by atoms with Gasteiger partial charge in [-0.2, -0.15) is 0 Å². The van der Waals surface area contributed by atoms with E-state index in [1.165, 1.54) is 12.1 Å². The van der Waals surface area contributed by atoms with Gasteiger partial charge in [0.05, 0.1) is 0 Å². The van der Waals surface area contributed by atoms with Crippen molar-refractivity contribution in [2.75, 3.05) is 18.8 Å². The highest BCUT2D eigenvalue weighted by Gasteiger charge is 2.25. The number of ether oxygens (including phenoxy) is 1. The van der Waals surface area contributed by atoms with Gasteiger partial charge in [-0.25, -0.2) is 13.8 Å². The molecule has 2 aromatic carbocycles. The fourth-order valence-electron chi connectivity index (χ4n) is 4.00. The van der Waals surface area contributed by atoms with Crippen LogP contribution in [-0.2, 0) is 6.61 Å². The van der Waals surface area contributed by atoms with Gasteiger partial charge < -0.3 is 20.7 Å². The smallest absolute Gasteiger partial charge is 0.253 e. The standard InChI is InChI=1S/C25H26F2N4O2/c1-15-12-31(13-16(2)30-15)25(32)18-5-3-17(4-6-18)20-9-23(24(28)29-11-20)33-14-19-7-8-21(26)10-22(19)27/h3-11,15-16,30H,12-14H2,1-2H3,(H2,28,29). The number of halogens is 2. The molecule has 0 radical (unpaired) electrons. The molecule has 2 heterocycles. The van der Waals surface area contributed by atoms with Gasteiger partial charge in [-0.15, -0.1) is 0 Å². The molecule has 3 aromatic rings. The topological polar surface area (TPSA) is 80.5 Å². The summed E-state index contributed by atoms with van der Waals surface area (Å²) in [6, 6.07) is 12.8. The van der Waals surface area contributed by atoms with Gasteiger partial charge in [0.2, 0.25) is 0 Å². The molecule has 172 valence electrons. The number of hydrogen-bond acceptors (Lipinski definition) is 5. The molecule has 2 unspecified atom stereocenters. The second kappa shape index (κ2) is 9.54. The monoisotopic (exact) mass is 452 g/mol. The number of pyridine rings is 1. The first-order valence-corrected chi connectivity index (χ1v) is 10.8. The van der Waals surface area contributed by atoms with Crippen LogP contribution in [0.25, 0.3) is 11.1 Å². The highest BCUT2D eigenvalue weighted by molar-refractivity contribution is 5.95. The Morgan fingerprint density at radius 2 is 1.79 bits per heavy atom. The number of anilines is 1. The normalized spacial score (nSPS) is 18.2. The van der Waals surface area contributed by atoms with Crippen molar-refractivity contribution in [3.8, 4) is 16.9 Å². The Labute approximate surface area is 191 Å². The maximum absolute atomic E-state index is 13.9. The Morgan fingerprint density at radius 1 is 1.09 bits per heavy atom. The summed E-state index contributed by atoms with van der Waals surface area (Å²) in [6.45, 7) is 5.36. The van der Waals surface area contributed by atoms with E-state index in [0.717, 1.165) is 17.2 Å². The van der Waals surface area contributed by atoms with E-state index in [0.29, 0.717) is 24.4 Å². The van der Waals surface area contributed by atoms with E-state index in [1.54, 1.807) is 24.4 Å². The molecule has 2 atom stereocenters. The van der Waals surface area contributed by atoms with Crippen molar-refractivity contribution in [3.63, 3.8) is 0 Å². The lowest BCUT2D eigenvalue weighted by molar-refractivity contribution is 0.0674. The highest BCUT2D eigenvalue weighted by atomic mass is 19.1. The quantitative estimate of drug-likeness (QED) is 0.612. The molecule has 0 aliphatic carbocycles. The average molecular weight is 453 g/mol. The summed E-state index contributed by atoms with van der Waals surface area (Å²) < 4.78 is 32.6. The Hall–Kier alpha value is -3.52. The third kappa shape index (κ3) is 5.28. The Bertz CT molecular complexity index is 1140. The molecular weight excluding hydrogens is 426 g/mol. The van der Waals surface area contributed by atoms with Gasteiger partial charge in [0.15, 0.2) is 11.6 Å².